The molecular formula is C23H28N8O4. The first-order valence-corrected chi connectivity index (χ1v) is 11.3. The number of carbonyl (C=O) groups excluding carboxylic acids is 2. The summed E-state index contributed by atoms with van der Waals surface area (Å²) in [6.45, 7) is 2.80. The van der Waals surface area contributed by atoms with Crippen LogP contribution in [0.15, 0.2) is 30.7 Å². The molecule has 1 aliphatic heterocycles. The summed E-state index contributed by atoms with van der Waals surface area (Å²) < 4.78 is 10.9. The van der Waals surface area contributed by atoms with Gasteiger partial charge in [-0.2, -0.15) is 4.98 Å². The van der Waals surface area contributed by atoms with Gasteiger partial charge in [0.1, 0.15) is 23.7 Å². The molecule has 12 heteroatoms. The number of carbonyl (C=O) groups is 2. The standard InChI is InChI=1S/C23H28N8O4/c1-34-18-12-17-16(11-15(18)14(21(25)33)3-2-4-19(24)32)22(28-13-27-17)30-23-26-6-5-20(29-23)31-7-9-35-10-8-31/h5-6,11-14H,2-4,7-10H2,1H3,(H2,24,32)(H2,25,33)(H,26,27,28,29,30). The van der Waals surface area contributed by atoms with Crippen molar-refractivity contribution in [3.8, 4) is 5.75 Å². The number of nitrogens with one attached hydrogen (secondary N) is 1. The predicted octanol–water partition coefficient (Wildman–Crippen LogP) is 1.23. The van der Waals surface area contributed by atoms with Crippen LogP contribution in [0, 0.1) is 0 Å². The van der Waals surface area contributed by atoms with Crippen molar-refractivity contribution in [2.75, 3.05) is 43.6 Å². The molecule has 1 aromatic carbocycles. The van der Waals surface area contributed by atoms with E-state index in [4.69, 9.17) is 20.9 Å². The van der Waals surface area contributed by atoms with Crippen LogP contribution in [-0.4, -0.2) is 65.2 Å². The number of morpholine rings is 1. The van der Waals surface area contributed by atoms with Crippen LogP contribution in [0.1, 0.15) is 30.7 Å². The van der Waals surface area contributed by atoms with Gasteiger partial charge in [0.05, 0.1) is 31.8 Å². The van der Waals surface area contributed by atoms with Crippen molar-refractivity contribution in [1.82, 2.24) is 19.9 Å². The first-order chi connectivity index (χ1) is 17.0. The molecule has 5 N–H and O–H groups in total. The third kappa shape index (κ3) is 5.72. The highest BCUT2D eigenvalue weighted by Crippen LogP contribution is 2.35. The van der Waals surface area contributed by atoms with Crippen molar-refractivity contribution in [1.29, 1.82) is 0 Å². The lowest BCUT2D eigenvalue weighted by Gasteiger charge is -2.27. The average molecular weight is 481 g/mol. The monoisotopic (exact) mass is 480 g/mol. The number of amides is 2. The highest BCUT2D eigenvalue weighted by Gasteiger charge is 2.24. The van der Waals surface area contributed by atoms with Crippen molar-refractivity contribution >= 4 is 40.3 Å². The molecule has 0 aliphatic carbocycles. The maximum absolute atomic E-state index is 12.3. The molecule has 1 aliphatic rings. The number of methoxy groups -OCH3 is 1. The zero-order chi connectivity index (χ0) is 24.8. The van der Waals surface area contributed by atoms with Crippen LogP contribution < -0.4 is 26.4 Å². The van der Waals surface area contributed by atoms with E-state index in [2.05, 4.69) is 30.2 Å². The van der Waals surface area contributed by atoms with Crippen LogP contribution in [-0.2, 0) is 14.3 Å². The first kappa shape index (κ1) is 24.1. The van der Waals surface area contributed by atoms with E-state index < -0.39 is 17.7 Å². The number of hydrogen-bond acceptors (Lipinski definition) is 10. The lowest BCUT2D eigenvalue weighted by molar-refractivity contribution is -0.120. The number of aromatic nitrogens is 4. The van der Waals surface area contributed by atoms with E-state index in [1.54, 1.807) is 18.3 Å². The normalized spacial score (nSPS) is 14.5. The molecule has 1 saturated heterocycles. The number of nitrogens with two attached hydrogens (primary N) is 2. The minimum Gasteiger partial charge on any atom is -0.496 e. The Bertz CT molecular complexity index is 1220. The van der Waals surface area contributed by atoms with Crippen molar-refractivity contribution in [2.24, 2.45) is 11.5 Å². The van der Waals surface area contributed by atoms with Crippen LogP contribution in [0.5, 0.6) is 5.75 Å². The number of hydrogen-bond donors (Lipinski definition) is 3. The molecule has 1 atom stereocenters. The number of anilines is 3. The second-order valence-corrected chi connectivity index (χ2v) is 8.11. The number of benzene rings is 1. The molecule has 2 amide bonds. The summed E-state index contributed by atoms with van der Waals surface area (Å²) in [4.78, 5) is 43.3. The summed E-state index contributed by atoms with van der Waals surface area (Å²) in [6, 6.07) is 5.36. The van der Waals surface area contributed by atoms with Crippen LogP contribution in [0.2, 0.25) is 0 Å². The van der Waals surface area contributed by atoms with E-state index in [1.807, 2.05) is 6.07 Å². The number of fused-ring (bicyclic) bond motifs is 1. The van der Waals surface area contributed by atoms with Crippen molar-refractivity contribution in [3.05, 3.63) is 36.3 Å². The minimum absolute atomic E-state index is 0.159. The highest BCUT2D eigenvalue weighted by atomic mass is 16.5. The smallest absolute Gasteiger partial charge is 0.230 e. The molecule has 0 saturated carbocycles. The van der Waals surface area contributed by atoms with Gasteiger partial charge >= 0.3 is 0 Å². The van der Waals surface area contributed by atoms with Gasteiger partial charge < -0.3 is 31.2 Å². The topological polar surface area (TPSA) is 171 Å². The molecule has 1 fully saturated rings. The summed E-state index contributed by atoms with van der Waals surface area (Å²) in [6.07, 6.45) is 4.03. The maximum Gasteiger partial charge on any atom is 0.230 e. The zero-order valence-corrected chi connectivity index (χ0v) is 19.4. The highest BCUT2D eigenvalue weighted by molar-refractivity contribution is 5.94. The van der Waals surface area contributed by atoms with Gasteiger partial charge in [-0.1, -0.05) is 0 Å². The van der Waals surface area contributed by atoms with E-state index >= 15 is 0 Å². The molecule has 4 rings (SSSR count). The van der Waals surface area contributed by atoms with E-state index in [0.29, 0.717) is 60.0 Å². The first-order valence-electron chi connectivity index (χ1n) is 11.3. The summed E-state index contributed by atoms with van der Waals surface area (Å²) in [5.41, 5.74) is 12.1. The van der Waals surface area contributed by atoms with Crippen LogP contribution >= 0.6 is 0 Å². The number of ether oxygens (including phenoxy) is 2. The zero-order valence-electron chi connectivity index (χ0n) is 19.4. The van der Waals surface area contributed by atoms with E-state index in [0.717, 1.165) is 18.9 Å². The second-order valence-electron chi connectivity index (χ2n) is 8.11. The minimum atomic E-state index is -0.678. The van der Waals surface area contributed by atoms with Crippen molar-refractivity contribution in [2.45, 2.75) is 25.2 Å². The summed E-state index contributed by atoms with van der Waals surface area (Å²) >= 11 is 0. The summed E-state index contributed by atoms with van der Waals surface area (Å²) in [5.74, 6) is 0.462. The van der Waals surface area contributed by atoms with Gasteiger partial charge in [0.2, 0.25) is 17.8 Å². The molecular weight excluding hydrogens is 452 g/mol. The Balaban J connectivity index is 1.68. The van der Waals surface area contributed by atoms with E-state index in [1.165, 1.54) is 13.4 Å². The SMILES string of the molecule is COc1cc2ncnc(Nc3nccc(N4CCOCC4)n3)c2cc1C(CCCC(N)=O)C(N)=O. The Kier molecular flexibility index (Phi) is 7.51. The van der Waals surface area contributed by atoms with Gasteiger partial charge in [-0.25, -0.2) is 15.0 Å². The number of rotatable bonds is 10. The Morgan fingerprint density at radius 2 is 2.00 bits per heavy atom. The largest absolute Gasteiger partial charge is 0.496 e. The van der Waals surface area contributed by atoms with Crippen LogP contribution in [0.25, 0.3) is 10.9 Å². The Labute approximate surface area is 202 Å². The molecule has 35 heavy (non-hydrogen) atoms. The van der Waals surface area contributed by atoms with Crippen LogP contribution in [0.4, 0.5) is 17.6 Å². The quantitative estimate of drug-likeness (QED) is 0.383. The van der Waals surface area contributed by atoms with Gasteiger partial charge in [-0.15, -0.1) is 0 Å². The molecule has 3 aromatic rings. The fraction of sp³-hybridized carbons (Fsp3) is 0.391. The number of nitrogens with zero attached hydrogens (tertiary/aromatic N) is 5. The fourth-order valence-corrected chi connectivity index (χ4v) is 4.06. The lowest BCUT2D eigenvalue weighted by Crippen LogP contribution is -2.36. The van der Waals surface area contributed by atoms with Crippen LogP contribution in [0.3, 0.4) is 0 Å². The van der Waals surface area contributed by atoms with Gasteiger partial charge in [-0.3, -0.25) is 9.59 Å². The fourth-order valence-electron chi connectivity index (χ4n) is 4.06. The Morgan fingerprint density at radius 3 is 2.71 bits per heavy atom. The molecule has 0 bridgehead atoms. The second kappa shape index (κ2) is 10.9. The molecule has 12 nitrogen and oxygen atoms in total. The average Bonchev–Trinajstić information content (AvgIpc) is 2.86. The Morgan fingerprint density at radius 1 is 1.20 bits per heavy atom. The van der Waals surface area contributed by atoms with Gasteiger partial charge in [-0.05, 0) is 25.0 Å². The molecule has 2 aromatic heterocycles. The van der Waals surface area contributed by atoms with Gasteiger partial charge in [0.15, 0.2) is 0 Å². The predicted molar refractivity (Wildman–Crippen MR) is 129 cm³/mol. The van der Waals surface area contributed by atoms with E-state index in [9.17, 15) is 9.59 Å². The maximum atomic E-state index is 12.3. The third-order valence-corrected chi connectivity index (χ3v) is 5.83. The van der Waals surface area contributed by atoms with Crippen molar-refractivity contribution < 1.29 is 19.1 Å². The van der Waals surface area contributed by atoms with E-state index in [-0.39, 0.29) is 6.42 Å². The molecule has 0 spiro atoms. The van der Waals surface area contributed by atoms with Crippen molar-refractivity contribution in [3.63, 3.8) is 0 Å². The number of primary amides is 2. The Hall–Kier alpha value is -4.06. The summed E-state index contributed by atoms with van der Waals surface area (Å²) in [5, 5.41) is 3.81. The summed E-state index contributed by atoms with van der Waals surface area (Å²) in [7, 11) is 1.51. The molecule has 184 valence electrons. The molecule has 3 heterocycles. The van der Waals surface area contributed by atoms with Gasteiger partial charge in [0, 0.05) is 42.7 Å². The molecule has 0 radical (unpaired) electrons. The molecule has 1 unspecified atom stereocenters. The third-order valence-electron chi connectivity index (χ3n) is 5.83. The lowest BCUT2D eigenvalue weighted by atomic mass is 9.91. The van der Waals surface area contributed by atoms with Gasteiger partial charge in [0.25, 0.3) is 0 Å².